The van der Waals surface area contributed by atoms with Crippen LogP contribution in [0.4, 0.5) is 4.79 Å². The molecule has 1 aliphatic rings. The molecule has 4 rings (SSSR count). The molecule has 0 aliphatic carbocycles. The lowest BCUT2D eigenvalue weighted by molar-refractivity contribution is -0.123. The molecule has 6 nitrogen and oxygen atoms in total. The Morgan fingerprint density at radius 3 is 2.28 bits per heavy atom. The summed E-state index contributed by atoms with van der Waals surface area (Å²) in [6.45, 7) is 0.149. The van der Waals surface area contributed by atoms with Crippen molar-refractivity contribution in [1.82, 2.24) is 4.90 Å². The van der Waals surface area contributed by atoms with Crippen LogP contribution in [0.25, 0.3) is 6.08 Å². The van der Waals surface area contributed by atoms with Crippen LogP contribution in [0, 0.1) is 0 Å². The SMILES string of the molecule is O=C1S/C(=C\c2ccccc2OS(=O)(=O)c2ccccc2)C(=O)N1Cc1ccc(Br)cc1. The zero-order chi connectivity index (χ0) is 22.7. The predicted octanol–water partition coefficient (Wildman–Crippen LogP) is 5.45. The highest BCUT2D eigenvalue weighted by Crippen LogP contribution is 2.35. The molecule has 0 spiro atoms. The fraction of sp³-hybridized carbons (Fsp3) is 0.0435. The molecule has 0 aromatic heterocycles. The van der Waals surface area contributed by atoms with Gasteiger partial charge in [0, 0.05) is 10.0 Å². The molecule has 1 fully saturated rings. The van der Waals surface area contributed by atoms with E-state index in [2.05, 4.69) is 15.9 Å². The lowest BCUT2D eigenvalue weighted by Gasteiger charge is -2.12. The smallest absolute Gasteiger partial charge is 0.339 e. The van der Waals surface area contributed by atoms with Crippen molar-refractivity contribution in [3.63, 3.8) is 0 Å². The third kappa shape index (κ3) is 4.95. The summed E-state index contributed by atoms with van der Waals surface area (Å²) in [5.74, 6) is -0.375. The molecule has 0 N–H and O–H groups in total. The van der Waals surface area contributed by atoms with Gasteiger partial charge in [-0.15, -0.1) is 0 Å². The zero-order valence-electron chi connectivity index (χ0n) is 16.5. The number of rotatable bonds is 6. The van der Waals surface area contributed by atoms with Crippen molar-refractivity contribution in [1.29, 1.82) is 0 Å². The van der Waals surface area contributed by atoms with Gasteiger partial charge in [-0.25, -0.2) is 0 Å². The van der Waals surface area contributed by atoms with Crippen LogP contribution in [0.3, 0.4) is 0 Å². The van der Waals surface area contributed by atoms with E-state index in [1.807, 2.05) is 24.3 Å². The van der Waals surface area contributed by atoms with Gasteiger partial charge < -0.3 is 4.18 Å². The van der Waals surface area contributed by atoms with Crippen molar-refractivity contribution in [3.8, 4) is 5.75 Å². The molecule has 9 heteroatoms. The second-order valence-corrected chi connectivity index (χ2v) is 10.2. The standard InChI is InChI=1S/C23H16BrNO5S2/c24-18-12-10-16(11-13-18)15-25-22(26)21(31-23(25)27)14-17-6-4-5-9-20(17)30-32(28,29)19-7-2-1-3-8-19/h1-14H,15H2/b21-14-. The van der Waals surface area contributed by atoms with Crippen molar-refractivity contribution in [2.24, 2.45) is 0 Å². The van der Waals surface area contributed by atoms with Gasteiger partial charge >= 0.3 is 10.1 Å². The van der Waals surface area contributed by atoms with Crippen LogP contribution in [0.5, 0.6) is 5.75 Å². The molecule has 1 heterocycles. The number of imide groups is 1. The molecule has 162 valence electrons. The number of benzene rings is 3. The molecular formula is C23H16BrNO5S2. The monoisotopic (exact) mass is 529 g/mol. The lowest BCUT2D eigenvalue weighted by Crippen LogP contribution is -2.27. The number of halogens is 1. The minimum atomic E-state index is -4.05. The Balaban J connectivity index is 1.59. The van der Waals surface area contributed by atoms with E-state index in [1.165, 1.54) is 24.3 Å². The maximum absolute atomic E-state index is 12.9. The molecule has 0 saturated carbocycles. The van der Waals surface area contributed by atoms with Crippen LogP contribution in [0.2, 0.25) is 0 Å². The number of hydrogen-bond acceptors (Lipinski definition) is 6. The summed E-state index contributed by atoms with van der Waals surface area (Å²) >= 11 is 4.16. The molecule has 1 aliphatic heterocycles. The summed E-state index contributed by atoms with van der Waals surface area (Å²) < 4.78 is 31.4. The fourth-order valence-electron chi connectivity index (χ4n) is 2.98. The van der Waals surface area contributed by atoms with E-state index in [-0.39, 0.29) is 27.3 Å². The van der Waals surface area contributed by atoms with Crippen molar-refractivity contribution in [2.75, 3.05) is 0 Å². The molecule has 0 atom stereocenters. The Bertz CT molecular complexity index is 1310. The Labute approximate surface area is 198 Å². The van der Waals surface area contributed by atoms with Gasteiger partial charge in [-0.05, 0) is 53.7 Å². The minimum absolute atomic E-state index is 0.0182. The minimum Gasteiger partial charge on any atom is -0.378 e. The molecule has 32 heavy (non-hydrogen) atoms. The van der Waals surface area contributed by atoms with Gasteiger partial charge in [-0.3, -0.25) is 14.5 Å². The molecule has 1 saturated heterocycles. The van der Waals surface area contributed by atoms with Crippen molar-refractivity contribution in [2.45, 2.75) is 11.4 Å². The zero-order valence-corrected chi connectivity index (χ0v) is 19.7. The van der Waals surface area contributed by atoms with Gasteiger partial charge in [0.1, 0.15) is 10.6 Å². The number of amides is 2. The number of carbonyl (C=O) groups excluding carboxylic acids is 2. The van der Waals surface area contributed by atoms with Crippen LogP contribution >= 0.6 is 27.7 Å². The number of para-hydroxylation sites is 1. The van der Waals surface area contributed by atoms with Gasteiger partial charge in [0.25, 0.3) is 11.1 Å². The van der Waals surface area contributed by atoms with Crippen molar-refractivity contribution >= 4 is 55.0 Å². The van der Waals surface area contributed by atoms with E-state index in [9.17, 15) is 18.0 Å². The molecule has 2 amide bonds. The van der Waals surface area contributed by atoms with Gasteiger partial charge in [0.2, 0.25) is 0 Å². The van der Waals surface area contributed by atoms with Gasteiger partial charge in [0.05, 0.1) is 11.4 Å². The third-order valence-corrected chi connectivity index (χ3v) is 7.25. The normalized spacial score (nSPS) is 15.4. The van der Waals surface area contributed by atoms with Crippen LogP contribution < -0.4 is 4.18 Å². The quantitative estimate of drug-likeness (QED) is 0.311. The molecule has 0 unspecified atom stereocenters. The summed E-state index contributed by atoms with van der Waals surface area (Å²) in [5.41, 5.74) is 1.19. The first kappa shape index (κ1) is 22.3. The second kappa shape index (κ2) is 9.32. The van der Waals surface area contributed by atoms with Crippen LogP contribution in [0.15, 0.2) is 93.1 Å². The number of hydrogen-bond donors (Lipinski definition) is 0. The highest BCUT2D eigenvalue weighted by atomic mass is 79.9. The topological polar surface area (TPSA) is 80.8 Å². The van der Waals surface area contributed by atoms with E-state index in [1.54, 1.807) is 36.4 Å². The van der Waals surface area contributed by atoms with E-state index >= 15 is 0 Å². The Morgan fingerprint density at radius 1 is 0.906 bits per heavy atom. The summed E-state index contributed by atoms with van der Waals surface area (Å²) in [6.07, 6.45) is 1.47. The Kier molecular flexibility index (Phi) is 6.50. The van der Waals surface area contributed by atoms with Crippen LogP contribution in [-0.2, 0) is 21.5 Å². The number of nitrogens with zero attached hydrogens (tertiary/aromatic N) is 1. The largest absolute Gasteiger partial charge is 0.378 e. The molecule has 3 aromatic carbocycles. The van der Waals surface area contributed by atoms with Gasteiger partial charge in [-0.2, -0.15) is 8.42 Å². The Hall–Kier alpha value is -2.88. The number of carbonyl (C=O) groups is 2. The van der Waals surface area contributed by atoms with E-state index in [4.69, 9.17) is 4.18 Å². The predicted molar refractivity (Wildman–Crippen MR) is 126 cm³/mol. The Morgan fingerprint density at radius 2 is 1.56 bits per heavy atom. The maximum atomic E-state index is 12.9. The average molecular weight is 530 g/mol. The van der Waals surface area contributed by atoms with Crippen LogP contribution in [0.1, 0.15) is 11.1 Å². The van der Waals surface area contributed by atoms with Gasteiger partial charge in [-0.1, -0.05) is 64.5 Å². The van der Waals surface area contributed by atoms with E-state index in [0.717, 1.165) is 26.7 Å². The summed E-state index contributed by atoms with van der Waals surface area (Å²) in [5, 5.41) is -0.389. The lowest BCUT2D eigenvalue weighted by atomic mass is 10.2. The first-order chi connectivity index (χ1) is 15.3. The van der Waals surface area contributed by atoms with Crippen molar-refractivity contribution < 1.29 is 22.2 Å². The third-order valence-electron chi connectivity index (χ3n) is 4.56. The van der Waals surface area contributed by atoms with Crippen LogP contribution in [-0.4, -0.2) is 24.5 Å². The average Bonchev–Trinajstić information content (AvgIpc) is 3.04. The van der Waals surface area contributed by atoms with E-state index in [0.29, 0.717) is 5.56 Å². The first-order valence-corrected chi connectivity index (χ1v) is 12.4. The molecule has 3 aromatic rings. The highest BCUT2D eigenvalue weighted by molar-refractivity contribution is 9.10. The fourth-order valence-corrected chi connectivity index (χ4v) is 5.05. The molecule has 0 radical (unpaired) electrons. The number of thioether (sulfide) groups is 1. The molecule has 0 bridgehead atoms. The summed E-state index contributed by atoms with van der Waals surface area (Å²) in [7, 11) is -4.05. The molecular weight excluding hydrogens is 514 g/mol. The maximum Gasteiger partial charge on any atom is 0.339 e. The van der Waals surface area contributed by atoms with Gasteiger partial charge in [0.15, 0.2) is 0 Å². The summed E-state index contributed by atoms with van der Waals surface area (Å²) in [4.78, 5) is 26.7. The van der Waals surface area contributed by atoms with E-state index < -0.39 is 16.0 Å². The van der Waals surface area contributed by atoms with Crippen molar-refractivity contribution in [3.05, 3.63) is 99.4 Å². The highest BCUT2D eigenvalue weighted by Gasteiger charge is 2.35. The first-order valence-electron chi connectivity index (χ1n) is 9.42. The summed E-state index contributed by atoms with van der Waals surface area (Å²) in [6, 6.07) is 21.6. The second-order valence-electron chi connectivity index (χ2n) is 6.78.